The van der Waals surface area contributed by atoms with E-state index in [2.05, 4.69) is 15.3 Å². The summed E-state index contributed by atoms with van der Waals surface area (Å²) in [5.41, 5.74) is 5.70. The lowest BCUT2D eigenvalue weighted by Gasteiger charge is -2.38. The van der Waals surface area contributed by atoms with Crippen molar-refractivity contribution in [1.29, 1.82) is 0 Å². The highest BCUT2D eigenvalue weighted by atomic mass is 19.1. The van der Waals surface area contributed by atoms with Gasteiger partial charge in [-0.1, -0.05) is 0 Å². The number of nitrogen functional groups attached to an aromatic ring is 1. The number of carbonyl (C=O) groups excluding carboxylic acids is 1. The predicted octanol–water partition coefficient (Wildman–Crippen LogP) is 2.09. The number of halogens is 1. The molecule has 26 heavy (non-hydrogen) atoms. The van der Waals surface area contributed by atoms with E-state index in [4.69, 9.17) is 15.2 Å². The van der Waals surface area contributed by atoms with Crippen LogP contribution in [0.5, 0.6) is 5.75 Å². The van der Waals surface area contributed by atoms with Gasteiger partial charge < -0.3 is 25.4 Å². The van der Waals surface area contributed by atoms with Gasteiger partial charge in [0.1, 0.15) is 5.75 Å². The van der Waals surface area contributed by atoms with Crippen LogP contribution in [0.2, 0.25) is 0 Å². The fourth-order valence-corrected chi connectivity index (χ4v) is 2.62. The molecule has 138 valence electrons. The van der Waals surface area contributed by atoms with Crippen LogP contribution in [0.25, 0.3) is 0 Å². The number of hydrogen-bond donors (Lipinski definition) is 2. The fourth-order valence-electron chi connectivity index (χ4n) is 2.62. The number of nitrogens with two attached hydrogens (primary N) is 1. The van der Waals surface area contributed by atoms with Crippen LogP contribution in [-0.4, -0.2) is 41.7 Å². The van der Waals surface area contributed by atoms with Gasteiger partial charge in [-0.25, -0.2) is 9.37 Å². The summed E-state index contributed by atoms with van der Waals surface area (Å²) in [6.45, 7) is 4.22. The van der Waals surface area contributed by atoms with Gasteiger partial charge in [0.15, 0.2) is 17.2 Å². The summed E-state index contributed by atoms with van der Waals surface area (Å²) >= 11 is 0. The Labute approximate surface area is 150 Å². The number of fused-ring (bicyclic) bond motifs is 1. The van der Waals surface area contributed by atoms with E-state index in [1.807, 2.05) is 0 Å². The highest BCUT2D eigenvalue weighted by Gasteiger charge is 2.40. The van der Waals surface area contributed by atoms with E-state index in [0.29, 0.717) is 30.3 Å². The first kappa shape index (κ1) is 17.9. The summed E-state index contributed by atoms with van der Waals surface area (Å²) in [6, 6.07) is 5.24. The molecule has 3 rings (SSSR count). The summed E-state index contributed by atoms with van der Waals surface area (Å²) in [6.07, 6.45) is 0.989. The van der Waals surface area contributed by atoms with E-state index in [1.165, 1.54) is 0 Å². The molecule has 1 amide bonds. The number of anilines is 4. The standard InChI is InChI=1S/C17H20FN5O3/c1-17(2)15(24)23(6-7-25-3)12-8-10(4-5-13(12)26-17)21-16-20-9-11(18)14(19)22-16/h4-5,8-9H,6-7H2,1-3H3,(H3,19,20,21,22). The summed E-state index contributed by atoms with van der Waals surface area (Å²) in [7, 11) is 1.57. The summed E-state index contributed by atoms with van der Waals surface area (Å²) in [5.74, 6) is -0.372. The zero-order valence-corrected chi connectivity index (χ0v) is 14.7. The van der Waals surface area contributed by atoms with Crippen molar-refractivity contribution >= 4 is 29.0 Å². The Morgan fingerprint density at radius 2 is 2.19 bits per heavy atom. The molecule has 0 atom stereocenters. The minimum Gasteiger partial charge on any atom is -0.476 e. The van der Waals surface area contributed by atoms with Gasteiger partial charge in [-0.3, -0.25) is 4.79 Å². The van der Waals surface area contributed by atoms with Gasteiger partial charge >= 0.3 is 0 Å². The van der Waals surface area contributed by atoms with Crippen LogP contribution in [0.3, 0.4) is 0 Å². The van der Waals surface area contributed by atoms with Gasteiger partial charge in [-0.15, -0.1) is 0 Å². The Balaban J connectivity index is 1.93. The lowest BCUT2D eigenvalue weighted by atomic mass is 10.0. The Morgan fingerprint density at radius 1 is 1.42 bits per heavy atom. The van der Waals surface area contributed by atoms with Gasteiger partial charge in [0.05, 0.1) is 18.5 Å². The van der Waals surface area contributed by atoms with Crippen molar-refractivity contribution in [3.63, 3.8) is 0 Å². The van der Waals surface area contributed by atoms with Crippen LogP contribution in [-0.2, 0) is 9.53 Å². The molecule has 0 fully saturated rings. The Hall–Kier alpha value is -2.94. The zero-order chi connectivity index (χ0) is 18.9. The van der Waals surface area contributed by atoms with Crippen molar-refractivity contribution in [3.8, 4) is 5.75 Å². The van der Waals surface area contributed by atoms with Gasteiger partial charge in [0.25, 0.3) is 5.91 Å². The molecule has 1 aromatic heterocycles. The molecular weight excluding hydrogens is 341 g/mol. The van der Waals surface area contributed by atoms with Crippen molar-refractivity contribution in [2.24, 2.45) is 0 Å². The van der Waals surface area contributed by atoms with E-state index >= 15 is 0 Å². The van der Waals surface area contributed by atoms with Crippen molar-refractivity contribution in [2.45, 2.75) is 19.4 Å². The first-order chi connectivity index (χ1) is 12.3. The van der Waals surface area contributed by atoms with Crippen LogP contribution >= 0.6 is 0 Å². The lowest BCUT2D eigenvalue weighted by molar-refractivity contribution is -0.132. The second-order valence-electron chi connectivity index (χ2n) is 6.30. The minimum absolute atomic E-state index is 0.149. The van der Waals surface area contributed by atoms with Crippen LogP contribution in [0, 0.1) is 5.82 Å². The normalized spacial score (nSPS) is 15.4. The molecule has 0 aliphatic carbocycles. The SMILES string of the molecule is COCCN1C(=O)C(C)(C)Oc2ccc(Nc3ncc(F)c(N)n3)cc21. The quantitative estimate of drug-likeness (QED) is 0.840. The monoisotopic (exact) mass is 361 g/mol. The summed E-state index contributed by atoms with van der Waals surface area (Å²) in [4.78, 5) is 22.0. The maximum absolute atomic E-state index is 13.2. The maximum atomic E-state index is 13.2. The molecule has 0 spiro atoms. The molecule has 0 unspecified atom stereocenters. The number of methoxy groups -OCH3 is 1. The molecule has 0 bridgehead atoms. The highest BCUT2D eigenvalue weighted by molar-refractivity contribution is 6.02. The molecule has 9 heteroatoms. The topological polar surface area (TPSA) is 103 Å². The number of carbonyl (C=O) groups is 1. The number of rotatable bonds is 5. The van der Waals surface area contributed by atoms with Crippen LogP contribution in [0.1, 0.15) is 13.8 Å². The number of nitrogens with zero attached hydrogens (tertiary/aromatic N) is 3. The Kier molecular flexibility index (Phi) is 4.64. The summed E-state index contributed by atoms with van der Waals surface area (Å²) in [5, 5.41) is 2.94. The number of benzene rings is 1. The third kappa shape index (κ3) is 3.38. The largest absolute Gasteiger partial charge is 0.476 e. The molecule has 2 aromatic rings. The smallest absolute Gasteiger partial charge is 0.270 e. The van der Waals surface area contributed by atoms with E-state index in [9.17, 15) is 9.18 Å². The van der Waals surface area contributed by atoms with Crippen LogP contribution < -0.4 is 20.7 Å². The van der Waals surface area contributed by atoms with Crippen LogP contribution in [0.4, 0.5) is 27.5 Å². The zero-order valence-electron chi connectivity index (χ0n) is 14.7. The lowest BCUT2D eigenvalue weighted by Crippen LogP contribution is -2.53. The van der Waals surface area contributed by atoms with E-state index in [-0.39, 0.29) is 17.7 Å². The molecule has 0 saturated heterocycles. The van der Waals surface area contributed by atoms with Gasteiger partial charge in [0, 0.05) is 19.3 Å². The molecule has 0 saturated carbocycles. The fraction of sp³-hybridized carbons (Fsp3) is 0.353. The average molecular weight is 361 g/mol. The molecule has 1 aliphatic rings. The Bertz CT molecular complexity index is 843. The number of hydrogen-bond acceptors (Lipinski definition) is 7. The predicted molar refractivity (Wildman–Crippen MR) is 95.1 cm³/mol. The summed E-state index contributed by atoms with van der Waals surface area (Å²) < 4.78 is 24.1. The minimum atomic E-state index is -0.968. The Morgan fingerprint density at radius 3 is 2.88 bits per heavy atom. The van der Waals surface area contributed by atoms with Crippen molar-refractivity contribution in [2.75, 3.05) is 36.2 Å². The van der Waals surface area contributed by atoms with Crippen LogP contribution in [0.15, 0.2) is 24.4 Å². The first-order valence-electron chi connectivity index (χ1n) is 8.01. The number of ether oxygens (including phenoxy) is 2. The average Bonchev–Trinajstić information content (AvgIpc) is 2.59. The number of nitrogens with one attached hydrogen (secondary N) is 1. The molecular formula is C17H20FN5O3. The van der Waals surface area contributed by atoms with Crippen molar-refractivity contribution in [3.05, 3.63) is 30.2 Å². The maximum Gasteiger partial charge on any atom is 0.270 e. The van der Waals surface area contributed by atoms with Crippen molar-refractivity contribution < 1.29 is 18.7 Å². The molecule has 1 aromatic carbocycles. The van der Waals surface area contributed by atoms with Gasteiger partial charge in [-0.2, -0.15) is 4.98 Å². The third-order valence-corrected chi connectivity index (χ3v) is 3.92. The van der Waals surface area contributed by atoms with E-state index < -0.39 is 11.4 Å². The first-order valence-corrected chi connectivity index (χ1v) is 8.01. The van der Waals surface area contributed by atoms with Gasteiger partial charge in [-0.05, 0) is 32.0 Å². The molecule has 1 aliphatic heterocycles. The molecule has 2 heterocycles. The number of amides is 1. The molecule has 0 radical (unpaired) electrons. The van der Waals surface area contributed by atoms with E-state index in [0.717, 1.165) is 6.20 Å². The third-order valence-electron chi connectivity index (χ3n) is 3.92. The van der Waals surface area contributed by atoms with Crippen molar-refractivity contribution in [1.82, 2.24) is 9.97 Å². The molecule has 8 nitrogen and oxygen atoms in total. The second-order valence-corrected chi connectivity index (χ2v) is 6.30. The van der Waals surface area contributed by atoms with Gasteiger partial charge in [0.2, 0.25) is 5.95 Å². The second kappa shape index (κ2) is 6.75. The number of aromatic nitrogens is 2. The highest BCUT2D eigenvalue weighted by Crippen LogP contribution is 2.39. The van der Waals surface area contributed by atoms with E-state index in [1.54, 1.807) is 44.1 Å². The molecule has 3 N–H and O–H groups in total.